The maximum absolute atomic E-state index is 6.26. The van der Waals surface area contributed by atoms with Gasteiger partial charge in [0.05, 0.1) is 11.6 Å². The van der Waals surface area contributed by atoms with Gasteiger partial charge in [0.1, 0.15) is 5.75 Å². The zero-order valence-electron chi connectivity index (χ0n) is 12.5. The predicted molar refractivity (Wildman–Crippen MR) is 88.5 cm³/mol. The van der Waals surface area contributed by atoms with Gasteiger partial charge in [-0.3, -0.25) is 0 Å². The molecule has 2 unspecified atom stereocenters. The van der Waals surface area contributed by atoms with Gasteiger partial charge in [0.25, 0.3) is 0 Å². The Bertz CT molecular complexity index is 500. The predicted octanol–water partition coefficient (Wildman–Crippen LogP) is 5.38. The molecule has 1 heterocycles. The first-order valence-electron chi connectivity index (χ1n) is 8.03. The van der Waals surface area contributed by atoms with Gasteiger partial charge in [-0.1, -0.05) is 42.5 Å². The molecule has 0 amide bonds. The van der Waals surface area contributed by atoms with Gasteiger partial charge < -0.3 is 10.1 Å². The van der Waals surface area contributed by atoms with E-state index >= 15 is 0 Å². The molecule has 21 heavy (non-hydrogen) atoms. The third-order valence-corrected chi connectivity index (χ3v) is 5.39. The molecule has 1 saturated carbocycles. The van der Waals surface area contributed by atoms with Crippen LogP contribution in [0, 0.1) is 5.92 Å². The quantitative estimate of drug-likeness (QED) is 0.805. The van der Waals surface area contributed by atoms with Crippen LogP contribution in [-0.4, -0.2) is 12.6 Å². The van der Waals surface area contributed by atoms with Crippen molar-refractivity contribution in [3.05, 3.63) is 27.7 Å². The van der Waals surface area contributed by atoms with E-state index in [1.807, 2.05) is 6.07 Å². The molecular weight excluding hydrogens is 305 g/mol. The molecule has 2 nitrogen and oxygen atoms in total. The second-order valence-corrected chi connectivity index (χ2v) is 7.19. The highest BCUT2D eigenvalue weighted by molar-refractivity contribution is 6.35. The third-order valence-electron chi connectivity index (χ3n) is 4.89. The van der Waals surface area contributed by atoms with Crippen molar-refractivity contribution in [2.24, 2.45) is 5.92 Å². The van der Waals surface area contributed by atoms with E-state index in [1.54, 1.807) is 6.07 Å². The fourth-order valence-corrected chi connectivity index (χ4v) is 4.25. The summed E-state index contributed by atoms with van der Waals surface area (Å²) in [5.41, 5.74) is 1.11. The second-order valence-electron chi connectivity index (χ2n) is 6.35. The van der Waals surface area contributed by atoms with Gasteiger partial charge in [-0.2, -0.15) is 0 Å². The van der Waals surface area contributed by atoms with Crippen molar-refractivity contribution in [1.82, 2.24) is 5.32 Å². The van der Waals surface area contributed by atoms with Crippen molar-refractivity contribution < 1.29 is 4.74 Å². The Morgan fingerprint density at radius 2 is 1.90 bits per heavy atom. The van der Waals surface area contributed by atoms with E-state index in [-0.39, 0.29) is 0 Å². The number of hydrogen-bond acceptors (Lipinski definition) is 2. The SMILES string of the molecule is CC(NC1CCOc2c(Cl)cc(Cl)cc21)C1CCCCC1. The highest BCUT2D eigenvalue weighted by Crippen LogP contribution is 2.40. The van der Waals surface area contributed by atoms with Gasteiger partial charge in [-0.05, 0) is 37.8 Å². The normalized spacial score (nSPS) is 24.2. The molecule has 1 aromatic rings. The summed E-state index contributed by atoms with van der Waals surface area (Å²) in [5, 5.41) is 5.10. The average molecular weight is 328 g/mol. The summed E-state index contributed by atoms with van der Waals surface area (Å²) in [6.07, 6.45) is 7.81. The van der Waals surface area contributed by atoms with Crippen LogP contribution in [0.15, 0.2) is 12.1 Å². The molecule has 0 aromatic heterocycles. The largest absolute Gasteiger partial charge is 0.492 e. The molecule has 2 aliphatic rings. The van der Waals surface area contributed by atoms with Crippen molar-refractivity contribution in [2.45, 2.75) is 57.5 Å². The summed E-state index contributed by atoms with van der Waals surface area (Å²) in [6.45, 7) is 3.03. The van der Waals surface area contributed by atoms with E-state index < -0.39 is 0 Å². The molecule has 4 heteroatoms. The van der Waals surface area contributed by atoms with Gasteiger partial charge >= 0.3 is 0 Å². The van der Waals surface area contributed by atoms with Crippen LogP contribution < -0.4 is 10.1 Å². The van der Waals surface area contributed by atoms with Crippen LogP contribution in [0.1, 0.15) is 57.1 Å². The average Bonchev–Trinajstić information content (AvgIpc) is 2.49. The maximum atomic E-state index is 6.26. The number of hydrogen-bond donors (Lipinski definition) is 1. The highest BCUT2D eigenvalue weighted by Gasteiger charge is 2.28. The Balaban J connectivity index is 1.75. The maximum Gasteiger partial charge on any atom is 0.142 e. The Morgan fingerprint density at radius 3 is 2.67 bits per heavy atom. The summed E-state index contributed by atoms with van der Waals surface area (Å²) < 4.78 is 5.74. The van der Waals surface area contributed by atoms with Crippen molar-refractivity contribution >= 4 is 23.2 Å². The number of halogens is 2. The first kappa shape index (κ1) is 15.5. The fraction of sp³-hybridized carbons (Fsp3) is 0.647. The number of benzene rings is 1. The molecule has 3 rings (SSSR count). The van der Waals surface area contributed by atoms with Crippen LogP contribution in [0.3, 0.4) is 0 Å². The smallest absolute Gasteiger partial charge is 0.142 e. The van der Waals surface area contributed by atoms with Crippen LogP contribution in [0.4, 0.5) is 0 Å². The zero-order valence-corrected chi connectivity index (χ0v) is 14.0. The second kappa shape index (κ2) is 6.76. The summed E-state index contributed by atoms with van der Waals surface area (Å²) in [7, 11) is 0. The molecule has 2 atom stereocenters. The summed E-state index contributed by atoms with van der Waals surface area (Å²) in [6, 6.07) is 4.57. The van der Waals surface area contributed by atoms with E-state index in [0.29, 0.717) is 28.7 Å². The van der Waals surface area contributed by atoms with Crippen molar-refractivity contribution in [3.8, 4) is 5.75 Å². The molecule has 116 valence electrons. The minimum absolute atomic E-state index is 0.293. The van der Waals surface area contributed by atoms with Crippen LogP contribution in [-0.2, 0) is 0 Å². The van der Waals surface area contributed by atoms with E-state index in [4.69, 9.17) is 27.9 Å². The van der Waals surface area contributed by atoms with Crippen molar-refractivity contribution in [1.29, 1.82) is 0 Å². The number of rotatable bonds is 3. The van der Waals surface area contributed by atoms with E-state index in [1.165, 1.54) is 32.1 Å². The minimum Gasteiger partial charge on any atom is -0.492 e. The summed E-state index contributed by atoms with van der Waals surface area (Å²) >= 11 is 12.4. The Kier molecular flexibility index (Phi) is 4.98. The van der Waals surface area contributed by atoms with Crippen LogP contribution in [0.25, 0.3) is 0 Å². The third kappa shape index (κ3) is 3.49. The lowest BCUT2D eigenvalue weighted by Gasteiger charge is -2.34. The minimum atomic E-state index is 0.293. The van der Waals surface area contributed by atoms with E-state index in [9.17, 15) is 0 Å². The molecule has 1 aliphatic heterocycles. The van der Waals surface area contributed by atoms with Gasteiger partial charge in [0.15, 0.2) is 0 Å². The molecular formula is C17H23Cl2NO. The topological polar surface area (TPSA) is 21.3 Å². The first-order valence-corrected chi connectivity index (χ1v) is 8.78. The molecule has 1 aromatic carbocycles. The molecule has 0 radical (unpaired) electrons. The lowest BCUT2D eigenvalue weighted by molar-refractivity contribution is 0.216. The number of fused-ring (bicyclic) bond motifs is 1. The van der Waals surface area contributed by atoms with Gasteiger partial charge in [0.2, 0.25) is 0 Å². The molecule has 0 spiro atoms. The van der Waals surface area contributed by atoms with Gasteiger partial charge in [-0.15, -0.1) is 0 Å². The lowest BCUT2D eigenvalue weighted by Crippen LogP contribution is -2.39. The monoisotopic (exact) mass is 327 g/mol. The Morgan fingerprint density at radius 1 is 1.14 bits per heavy atom. The van der Waals surface area contributed by atoms with Crippen LogP contribution in [0.5, 0.6) is 5.75 Å². The molecule has 0 bridgehead atoms. The fourth-order valence-electron chi connectivity index (χ4n) is 3.69. The lowest BCUT2D eigenvalue weighted by atomic mass is 9.84. The van der Waals surface area contributed by atoms with Crippen LogP contribution >= 0.6 is 23.2 Å². The van der Waals surface area contributed by atoms with Crippen molar-refractivity contribution in [3.63, 3.8) is 0 Å². The van der Waals surface area contributed by atoms with E-state index in [2.05, 4.69) is 12.2 Å². The number of nitrogens with one attached hydrogen (secondary N) is 1. The Hall–Kier alpha value is -0.440. The van der Waals surface area contributed by atoms with E-state index in [0.717, 1.165) is 23.7 Å². The summed E-state index contributed by atoms with van der Waals surface area (Å²) in [5.74, 6) is 1.60. The van der Waals surface area contributed by atoms with Gasteiger partial charge in [0, 0.05) is 29.1 Å². The Labute approximate surface area is 137 Å². The number of ether oxygens (including phenoxy) is 1. The molecule has 1 N–H and O–H groups in total. The summed E-state index contributed by atoms with van der Waals surface area (Å²) in [4.78, 5) is 0. The highest BCUT2D eigenvalue weighted by atomic mass is 35.5. The molecule has 1 fully saturated rings. The molecule has 0 saturated heterocycles. The molecule has 1 aliphatic carbocycles. The zero-order chi connectivity index (χ0) is 14.8. The van der Waals surface area contributed by atoms with Crippen LogP contribution in [0.2, 0.25) is 10.0 Å². The first-order chi connectivity index (χ1) is 10.1. The van der Waals surface area contributed by atoms with Crippen molar-refractivity contribution in [2.75, 3.05) is 6.61 Å². The standard InChI is InChI=1S/C17H23Cl2NO/c1-11(12-5-3-2-4-6-12)20-16-7-8-21-17-14(16)9-13(18)10-15(17)19/h9-12,16,20H,2-8H2,1H3. The van der Waals surface area contributed by atoms with Gasteiger partial charge in [-0.25, -0.2) is 0 Å².